The molecule has 0 unspecified atom stereocenters. The van der Waals surface area contributed by atoms with Gasteiger partial charge in [0, 0.05) is 19.4 Å². The van der Waals surface area contributed by atoms with E-state index >= 15 is 0 Å². The highest BCUT2D eigenvalue weighted by Gasteiger charge is 2.12. The number of unbranched alkanes of at least 4 members (excludes halogenated alkanes) is 3. The van der Waals surface area contributed by atoms with Crippen LogP contribution in [-0.2, 0) is 17.8 Å². The van der Waals surface area contributed by atoms with Gasteiger partial charge >= 0.3 is 5.97 Å². The zero-order valence-electron chi connectivity index (χ0n) is 16.6. The van der Waals surface area contributed by atoms with Crippen molar-refractivity contribution in [3.8, 4) is 5.75 Å². The van der Waals surface area contributed by atoms with Gasteiger partial charge in [0.2, 0.25) is 0 Å². The topological polar surface area (TPSA) is 84.3 Å². The molecule has 6 nitrogen and oxygen atoms in total. The number of aliphatic carboxylic acids is 1. The van der Waals surface area contributed by atoms with Crippen molar-refractivity contribution in [2.45, 2.75) is 45.1 Å². The summed E-state index contributed by atoms with van der Waals surface area (Å²) in [6.07, 6.45) is 4.42. The molecule has 0 fully saturated rings. The van der Waals surface area contributed by atoms with E-state index in [2.05, 4.69) is 10.3 Å². The molecule has 0 radical (unpaired) electrons. The van der Waals surface area contributed by atoms with Gasteiger partial charge in [0.1, 0.15) is 22.2 Å². The molecule has 0 spiro atoms. The van der Waals surface area contributed by atoms with Gasteiger partial charge < -0.3 is 15.2 Å². The maximum atomic E-state index is 10.6. The summed E-state index contributed by atoms with van der Waals surface area (Å²) in [5, 5.41) is 13.5. The van der Waals surface area contributed by atoms with E-state index in [9.17, 15) is 4.79 Å². The standard InChI is InChI=1S/C21H23Cl2N3O3S/c1-29-16-9-8-13(10-15(16)22)12-24-20-14-11-17(23)30-21(14)26-18(25-20)6-4-2-3-5-7-19(27)28/h8-11H,2-7,12H2,1H3,(H,27,28)(H,24,25,26). The fourth-order valence-corrected chi connectivity index (χ4v) is 4.49. The number of aromatic nitrogens is 2. The summed E-state index contributed by atoms with van der Waals surface area (Å²) >= 11 is 13.9. The number of rotatable bonds is 11. The van der Waals surface area contributed by atoms with Crippen LogP contribution in [0.25, 0.3) is 10.2 Å². The van der Waals surface area contributed by atoms with Crippen LogP contribution in [0.3, 0.4) is 0 Å². The Balaban J connectivity index is 1.67. The first-order valence-electron chi connectivity index (χ1n) is 9.70. The second-order valence-corrected chi connectivity index (χ2v) is 8.96. The summed E-state index contributed by atoms with van der Waals surface area (Å²) in [7, 11) is 1.59. The minimum absolute atomic E-state index is 0.222. The lowest BCUT2D eigenvalue weighted by molar-refractivity contribution is -0.137. The number of hydrogen-bond acceptors (Lipinski definition) is 6. The lowest BCUT2D eigenvalue weighted by Gasteiger charge is -2.10. The maximum absolute atomic E-state index is 10.6. The third-order valence-electron chi connectivity index (χ3n) is 4.63. The molecule has 2 aromatic heterocycles. The van der Waals surface area contributed by atoms with E-state index in [4.69, 9.17) is 38.0 Å². The molecule has 3 rings (SSSR count). The molecule has 0 atom stereocenters. The van der Waals surface area contributed by atoms with Crippen molar-refractivity contribution < 1.29 is 14.6 Å². The van der Waals surface area contributed by atoms with Crippen molar-refractivity contribution in [2.24, 2.45) is 0 Å². The van der Waals surface area contributed by atoms with E-state index in [1.54, 1.807) is 7.11 Å². The number of methoxy groups -OCH3 is 1. The van der Waals surface area contributed by atoms with E-state index in [0.717, 1.165) is 53.1 Å². The zero-order valence-corrected chi connectivity index (χ0v) is 18.9. The number of anilines is 1. The van der Waals surface area contributed by atoms with E-state index < -0.39 is 5.97 Å². The fourth-order valence-electron chi connectivity index (χ4n) is 3.10. The monoisotopic (exact) mass is 467 g/mol. The van der Waals surface area contributed by atoms with Gasteiger partial charge in [-0.3, -0.25) is 4.79 Å². The molecule has 0 aliphatic carbocycles. The number of thiophene rings is 1. The van der Waals surface area contributed by atoms with E-state index in [1.807, 2.05) is 24.3 Å². The Bertz CT molecular complexity index is 1030. The number of hydrogen-bond donors (Lipinski definition) is 2. The molecule has 0 aliphatic heterocycles. The lowest BCUT2D eigenvalue weighted by atomic mass is 10.1. The highest BCUT2D eigenvalue weighted by atomic mass is 35.5. The van der Waals surface area contributed by atoms with Crippen molar-refractivity contribution in [1.82, 2.24) is 9.97 Å². The van der Waals surface area contributed by atoms with Crippen LogP contribution in [0.5, 0.6) is 5.75 Å². The first-order valence-corrected chi connectivity index (χ1v) is 11.3. The van der Waals surface area contributed by atoms with Crippen LogP contribution < -0.4 is 10.1 Å². The molecular formula is C21H23Cl2N3O3S. The molecule has 3 aromatic rings. The highest BCUT2D eigenvalue weighted by molar-refractivity contribution is 7.22. The summed E-state index contributed by atoms with van der Waals surface area (Å²) in [6, 6.07) is 7.53. The fraction of sp³-hybridized carbons (Fsp3) is 0.381. The number of fused-ring (bicyclic) bond motifs is 1. The summed E-state index contributed by atoms with van der Waals surface area (Å²) in [4.78, 5) is 20.8. The predicted octanol–water partition coefficient (Wildman–Crippen LogP) is 6.20. The molecule has 160 valence electrons. The molecule has 1 aromatic carbocycles. The number of ether oxygens (including phenoxy) is 1. The average Bonchev–Trinajstić information content (AvgIpc) is 3.09. The van der Waals surface area contributed by atoms with Gasteiger partial charge in [0.05, 0.1) is 21.9 Å². The van der Waals surface area contributed by atoms with Gasteiger partial charge in [-0.2, -0.15) is 0 Å². The third-order valence-corrected chi connectivity index (χ3v) is 6.08. The Morgan fingerprint density at radius 1 is 1.17 bits per heavy atom. The van der Waals surface area contributed by atoms with Crippen LogP contribution >= 0.6 is 34.5 Å². The zero-order chi connectivity index (χ0) is 21.5. The molecule has 2 heterocycles. The van der Waals surface area contributed by atoms with Gasteiger partial charge in [0.25, 0.3) is 0 Å². The minimum Gasteiger partial charge on any atom is -0.495 e. The van der Waals surface area contributed by atoms with Crippen molar-refractivity contribution >= 4 is 56.5 Å². The molecular weight excluding hydrogens is 445 g/mol. The van der Waals surface area contributed by atoms with E-state index in [1.165, 1.54) is 11.3 Å². The largest absolute Gasteiger partial charge is 0.495 e. The van der Waals surface area contributed by atoms with Crippen molar-refractivity contribution in [3.05, 3.63) is 45.0 Å². The molecule has 9 heteroatoms. The van der Waals surface area contributed by atoms with Gasteiger partial charge in [-0.05, 0) is 36.6 Å². The molecule has 0 aliphatic rings. The number of aryl methyl sites for hydroxylation is 1. The Kier molecular flexibility index (Phi) is 8.13. The molecule has 0 bridgehead atoms. The molecule has 30 heavy (non-hydrogen) atoms. The second kappa shape index (κ2) is 10.8. The number of halogens is 2. The normalized spacial score (nSPS) is 11.0. The summed E-state index contributed by atoms with van der Waals surface area (Å²) < 4.78 is 5.86. The SMILES string of the molecule is COc1ccc(CNc2nc(CCCCCCC(=O)O)nc3sc(Cl)cc23)cc1Cl. The average molecular weight is 468 g/mol. The van der Waals surface area contributed by atoms with Gasteiger partial charge in [-0.25, -0.2) is 9.97 Å². The molecule has 2 N–H and O–H groups in total. The first kappa shape index (κ1) is 22.6. The van der Waals surface area contributed by atoms with Crippen molar-refractivity contribution in [3.63, 3.8) is 0 Å². The van der Waals surface area contributed by atoms with Crippen molar-refractivity contribution in [2.75, 3.05) is 12.4 Å². The highest BCUT2D eigenvalue weighted by Crippen LogP contribution is 2.33. The molecule has 0 saturated heterocycles. The first-order chi connectivity index (χ1) is 14.5. The molecule has 0 amide bonds. The van der Waals surface area contributed by atoms with Gasteiger partial charge in [0.15, 0.2) is 0 Å². The van der Waals surface area contributed by atoms with E-state index in [0.29, 0.717) is 28.1 Å². The lowest BCUT2D eigenvalue weighted by Crippen LogP contribution is -2.05. The Morgan fingerprint density at radius 3 is 2.70 bits per heavy atom. The summed E-state index contributed by atoms with van der Waals surface area (Å²) in [5.74, 6) is 1.40. The Hall–Kier alpha value is -2.09. The van der Waals surface area contributed by atoms with E-state index in [-0.39, 0.29) is 6.42 Å². The number of carboxylic acids is 1. The van der Waals surface area contributed by atoms with Crippen molar-refractivity contribution in [1.29, 1.82) is 0 Å². The smallest absolute Gasteiger partial charge is 0.303 e. The van der Waals surface area contributed by atoms with Crippen LogP contribution in [-0.4, -0.2) is 28.2 Å². The number of nitrogens with zero attached hydrogens (tertiary/aromatic N) is 2. The van der Waals surface area contributed by atoms with Crippen LogP contribution in [0.15, 0.2) is 24.3 Å². The number of carbonyl (C=O) groups is 1. The number of nitrogens with one attached hydrogen (secondary N) is 1. The summed E-state index contributed by atoms with van der Waals surface area (Å²) in [5.41, 5.74) is 1.01. The third kappa shape index (κ3) is 6.20. The predicted molar refractivity (Wildman–Crippen MR) is 122 cm³/mol. The Morgan fingerprint density at radius 2 is 1.97 bits per heavy atom. The van der Waals surface area contributed by atoms with Crippen LogP contribution in [0.2, 0.25) is 9.36 Å². The van der Waals surface area contributed by atoms with Crippen LogP contribution in [0, 0.1) is 0 Å². The molecule has 0 saturated carbocycles. The second-order valence-electron chi connectivity index (χ2n) is 6.89. The maximum Gasteiger partial charge on any atom is 0.303 e. The van der Waals surface area contributed by atoms with Crippen LogP contribution in [0.4, 0.5) is 5.82 Å². The quantitative estimate of drug-likeness (QED) is 0.326. The number of carboxylic acid groups (broad SMARTS) is 1. The number of benzene rings is 1. The van der Waals surface area contributed by atoms with Crippen LogP contribution in [0.1, 0.15) is 43.5 Å². The van der Waals surface area contributed by atoms with Gasteiger partial charge in [-0.15, -0.1) is 11.3 Å². The Labute approximate surface area is 189 Å². The van der Waals surface area contributed by atoms with Gasteiger partial charge in [-0.1, -0.05) is 42.1 Å². The minimum atomic E-state index is -0.743. The summed E-state index contributed by atoms with van der Waals surface area (Å²) in [6.45, 7) is 0.553.